The van der Waals surface area contributed by atoms with Crippen molar-refractivity contribution in [1.82, 2.24) is 15.2 Å². The maximum Gasteiger partial charge on any atom is 0.273 e. The van der Waals surface area contributed by atoms with E-state index in [-0.39, 0.29) is 11.7 Å². The Morgan fingerprint density at radius 2 is 2.27 bits per heavy atom. The third kappa shape index (κ3) is 4.82. The highest BCUT2D eigenvalue weighted by Crippen LogP contribution is 2.15. The maximum atomic E-state index is 12.6. The van der Waals surface area contributed by atoms with Gasteiger partial charge < -0.3 is 15.3 Å². The molecule has 0 fully saturated rings. The highest BCUT2D eigenvalue weighted by atomic mass is 32.1. The lowest BCUT2D eigenvalue weighted by atomic mass is 10.2. The Kier molecular flexibility index (Phi) is 5.91. The van der Waals surface area contributed by atoms with Gasteiger partial charge >= 0.3 is 0 Å². The molecule has 0 atom stereocenters. The standard InChI is InChI=1S/C16H21N3O2S/c1-12(2)17-6-7-19(16(21)15-10-22-11-18-15)9-13-4-3-5-14(20)8-13/h3-5,8,10-12,17,20H,6-7,9H2,1-2H3. The van der Waals surface area contributed by atoms with Crippen LogP contribution in [0.2, 0.25) is 0 Å². The number of phenols is 1. The first kappa shape index (κ1) is 16.5. The lowest BCUT2D eigenvalue weighted by molar-refractivity contribution is 0.0738. The number of hydrogen-bond donors (Lipinski definition) is 2. The van der Waals surface area contributed by atoms with E-state index in [9.17, 15) is 9.90 Å². The fourth-order valence-corrected chi connectivity index (χ4v) is 2.62. The second kappa shape index (κ2) is 7.91. The molecule has 6 heteroatoms. The number of aromatic hydroxyl groups is 1. The molecule has 0 aliphatic heterocycles. The molecule has 0 saturated heterocycles. The van der Waals surface area contributed by atoms with Crippen molar-refractivity contribution in [2.45, 2.75) is 26.4 Å². The predicted molar refractivity (Wildman–Crippen MR) is 88.1 cm³/mol. The third-order valence-electron chi connectivity index (χ3n) is 3.16. The smallest absolute Gasteiger partial charge is 0.273 e. The van der Waals surface area contributed by atoms with Crippen molar-refractivity contribution in [1.29, 1.82) is 0 Å². The summed E-state index contributed by atoms with van der Waals surface area (Å²) in [7, 11) is 0. The van der Waals surface area contributed by atoms with Crippen molar-refractivity contribution >= 4 is 17.2 Å². The SMILES string of the molecule is CC(C)NCCN(Cc1cccc(O)c1)C(=O)c1cscn1. The zero-order valence-electron chi connectivity index (χ0n) is 12.8. The Bertz CT molecular complexity index is 599. The van der Waals surface area contributed by atoms with Gasteiger partial charge in [-0.15, -0.1) is 11.3 Å². The van der Waals surface area contributed by atoms with Crippen molar-refractivity contribution in [3.63, 3.8) is 0 Å². The highest BCUT2D eigenvalue weighted by molar-refractivity contribution is 7.07. The molecule has 2 rings (SSSR count). The Labute approximate surface area is 134 Å². The fourth-order valence-electron chi connectivity index (χ4n) is 2.10. The minimum atomic E-state index is -0.0878. The molecule has 1 aromatic carbocycles. The number of rotatable bonds is 7. The lowest BCUT2D eigenvalue weighted by Gasteiger charge is -2.23. The highest BCUT2D eigenvalue weighted by Gasteiger charge is 2.17. The van der Waals surface area contributed by atoms with Crippen LogP contribution in [0, 0.1) is 0 Å². The fraction of sp³-hybridized carbons (Fsp3) is 0.375. The van der Waals surface area contributed by atoms with Crippen LogP contribution in [0.3, 0.4) is 0 Å². The molecule has 0 spiro atoms. The van der Waals surface area contributed by atoms with Crippen molar-refractivity contribution in [3.8, 4) is 5.75 Å². The van der Waals surface area contributed by atoms with Crippen LogP contribution in [0.15, 0.2) is 35.2 Å². The van der Waals surface area contributed by atoms with Crippen LogP contribution in [-0.2, 0) is 6.54 Å². The van der Waals surface area contributed by atoms with Gasteiger partial charge in [-0.1, -0.05) is 26.0 Å². The van der Waals surface area contributed by atoms with Crippen LogP contribution in [0.1, 0.15) is 29.9 Å². The number of thiazole rings is 1. The van der Waals surface area contributed by atoms with Crippen LogP contribution in [0.25, 0.3) is 0 Å². The Balaban J connectivity index is 2.08. The molecular weight excluding hydrogens is 298 g/mol. The van der Waals surface area contributed by atoms with E-state index in [0.717, 1.165) is 5.56 Å². The number of carbonyl (C=O) groups is 1. The molecule has 2 N–H and O–H groups in total. The zero-order valence-corrected chi connectivity index (χ0v) is 13.6. The Morgan fingerprint density at radius 1 is 1.45 bits per heavy atom. The average molecular weight is 319 g/mol. The van der Waals surface area contributed by atoms with Gasteiger partial charge in [-0.2, -0.15) is 0 Å². The van der Waals surface area contributed by atoms with Crippen molar-refractivity contribution < 1.29 is 9.90 Å². The van der Waals surface area contributed by atoms with E-state index < -0.39 is 0 Å². The first-order valence-corrected chi connectivity index (χ1v) is 8.19. The molecule has 0 bridgehead atoms. The van der Waals surface area contributed by atoms with E-state index in [1.54, 1.807) is 34.0 Å². The number of carbonyl (C=O) groups excluding carboxylic acids is 1. The summed E-state index contributed by atoms with van der Waals surface area (Å²) < 4.78 is 0. The molecule has 0 unspecified atom stereocenters. The van der Waals surface area contributed by atoms with Crippen LogP contribution < -0.4 is 5.32 Å². The van der Waals surface area contributed by atoms with E-state index in [2.05, 4.69) is 24.1 Å². The minimum Gasteiger partial charge on any atom is -0.508 e. The Hall–Kier alpha value is -1.92. The van der Waals surface area contributed by atoms with Gasteiger partial charge in [0.05, 0.1) is 5.51 Å². The Morgan fingerprint density at radius 3 is 2.91 bits per heavy atom. The van der Waals surface area contributed by atoms with E-state index in [1.807, 2.05) is 6.07 Å². The van der Waals surface area contributed by atoms with Crippen molar-refractivity contribution in [2.75, 3.05) is 13.1 Å². The van der Waals surface area contributed by atoms with Gasteiger partial charge in [0.1, 0.15) is 11.4 Å². The summed E-state index contributed by atoms with van der Waals surface area (Å²) in [5.41, 5.74) is 3.02. The van der Waals surface area contributed by atoms with Crippen molar-refractivity contribution in [3.05, 3.63) is 46.4 Å². The van der Waals surface area contributed by atoms with Gasteiger partial charge in [0.2, 0.25) is 0 Å². The largest absolute Gasteiger partial charge is 0.508 e. The van der Waals surface area contributed by atoms with Gasteiger partial charge in [0.15, 0.2) is 0 Å². The summed E-state index contributed by atoms with van der Waals surface area (Å²) in [6.45, 7) is 5.89. The number of benzene rings is 1. The summed E-state index contributed by atoms with van der Waals surface area (Å²) in [6.07, 6.45) is 0. The predicted octanol–water partition coefficient (Wildman–Crippen LogP) is 2.49. The summed E-state index contributed by atoms with van der Waals surface area (Å²) in [5, 5.41) is 14.6. The molecule has 0 saturated carbocycles. The molecule has 1 aromatic heterocycles. The van der Waals surface area contributed by atoms with Crippen molar-refractivity contribution in [2.24, 2.45) is 0 Å². The molecule has 5 nitrogen and oxygen atoms in total. The third-order valence-corrected chi connectivity index (χ3v) is 3.74. The molecule has 1 amide bonds. The van der Waals surface area contributed by atoms with Crippen LogP contribution in [-0.4, -0.2) is 40.0 Å². The summed E-state index contributed by atoms with van der Waals surface area (Å²) in [6, 6.07) is 7.35. The number of aromatic nitrogens is 1. The van der Waals surface area contributed by atoms with E-state index in [0.29, 0.717) is 31.4 Å². The molecule has 1 heterocycles. The molecular formula is C16H21N3O2S. The number of nitrogens with zero attached hydrogens (tertiary/aromatic N) is 2. The molecule has 0 aliphatic carbocycles. The summed E-state index contributed by atoms with van der Waals surface area (Å²) >= 11 is 1.41. The number of nitrogens with one attached hydrogen (secondary N) is 1. The van der Waals surface area contributed by atoms with E-state index in [4.69, 9.17) is 0 Å². The van der Waals surface area contributed by atoms with Crippen LogP contribution in [0.5, 0.6) is 5.75 Å². The van der Waals surface area contributed by atoms with E-state index in [1.165, 1.54) is 11.3 Å². The average Bonchev–Trinajstić information content (AvgIpc) is 2.99. The molecule has 0 aliphatic rings. The topological polar surface area (TPSA) is 65.5 Å². The molecule has 2 aromatic rings. The van der Waals surface area contributed by atoms with Gasteiger partial charge in [-0.3, -0.25) is 4.79 Å². The zero-order chi connectivity index (χ0) is 15.9. The first-order valence-electron chi connectivity index (χ1n) is 7.25. The summed E-state index contributed by atoms with van der Waals surface area (Å²) in [5.74, 6) is 0.119. The van der Waals surface area contributed by atoms with Crippen LogP contribution >= 0.6 is 11.3 Å². The number of amides is 1. The second-order valence-electron chi connectivity index (χ2n) is 5.38. The maximum absolute atomic E-state index is 12.6. The second-order valence-corrected chi connectivity index (χ2v) is 6.10. The lowest BCUT2D eigenvalue weighted by Crippen LogP contribution is -2.38. The van der Waals surface area contributed by atoms with Gasteiger partial charge in [0.25, 0.3) is 5.91 Å². The first-order chi connectivity index (χ1) is 10.6. The normalized spacial score (nSPS) is 10.9. The number of hydrogen-bond acceptors (Lipinski definition) is 5. The van der Waals surface area contributed by atoms with Gasteiger partial charge in [0, 0.05) is 31.1 Å². The number of phenolic OH excluding ortho intramolecular Hbond substituents is 1. The monoisotopic (exact) mass is 319 g/mol. The minimum absolute atomic E-state index is 0.0878. The summed E-state index contributed by atoms with van der Waals surface area (Å²) in [4.78, 5) is 18.4. The van der Waals surface area contributed by atoms with Gasteiger partial charge in [-0.25, -0.2) is 4.98 Å². The molecule has 0 radical (unpaired) electrons. The van der Waals surface area contributed by atoms with Crippen LogP contribution in [0.4, 0.5) is 0 Å². The van der Waals surface area contributed by atoms with E-state index >= 15 is 0 Å². The quantitative estimate of drug-likeness (QED) is 0.823. The molecule has 22 heavy (non-hydrogen) atoms. The molecule has 118 valence electrons. The van der Waals surface area contributed by atoms with Gasteiger partial charge in [-0.05, 0) is 17.7 Å².